The topological polar surface area (TPSA) is 83.7 Å². The monoisotopic (exact) mass is 276 g/mol. The summed E-state index contributed by atoms with van der Waals surface area (Å²) in [6.45, 7) is 4.03. The number of nitro groups is 1. The summed E-state index contributed by atoms with van der Waals surface area (Å²) in [6.07, 6.45) is 0.646. The molecule has 0 unspecified atom stereocenters. The van der Waals surface area contributed by atoms with E-state index in [4.69, 9.17) is 0 Å². The van der Waals surface area contributed by atoms with Gasteiger partial charge in [-0.25, -0.2) is 4.79 Å². The first-order chi connectivity index (χ1) is 9.52. The van der Waals surface area contributed by atoms with Crippen molar-refractivity contribution in [2.75, 3.05) is 19.6 Å². The van der Waals surface area contributed by atoms with Crippen LogP contribution in [0.1, 0.15) is 18.9 Å². The first-order valence-electron chi connectivity index (χ1n) is 6.45. The van der Waals surface area contributed by atoms with Gasteiger partial charge in [0.15, 0.2) is 0 Å². The molecule has 0 saturated carbocycles. The zero-order chi connectivity index (χ0) is 14.7. The fraction of sp³-hybridized carbons (Fsp3) is 0.357. The van der Waals surface area contributed by atoms with E-state index >= 15 is 0 Å². The molecule has 2 rings (SSSR count). The van der Waals surface area contributed by atoms with E-state index in [1.165, 1.54) is 12.1 Å². The third kappa shape index (κ3) is 2.85. The minimum absolute atomic E-state index is 0.0113. The fourth-order valence-electron chi connectivity index (χ4n) is 2.39. The van der Waals surface area contributed by atoms with Crippen molar-refractivity contribution < 1.29 is 14.8 Å². The molecule has 0 aromatic heterocycles. The van der Waals surface area contributed by atoms with Crippen molar-refractivity contribution in [3.8, 4) is 0 Å². The van der Waals surface area contributed by atoms with Gasteiger partial charge in [-0.05, 0) is 36.2 Å². The Balaban J connectivity index is 2.37. The molecule has 1 N–H and O–H groups in total. The summed E-state index contributed by atoms with van der Waals surface area (Å²) in [5.74, 6) is -0.920. The van der Waals surface area contributed by atoms with Gasteiger partial charge in [0.2, 0.25) is 0 Å². The van der Waals surface area contributed by atoms with Crippen LogP contribution in [0.25, 0.3) is 5.57 Å². The lowest BCUT2D eigenvalue weighted by Gasteiger charge is -2.28. The van der Waals surface area contributed by atoms with E-state index in [0.29, 0.717) is 18.5 Å². The van der Waals surface area contributed by atoms with Crippen molar-refractivity contribution in [3.05, 3.63) is 45.5 Å². The average molecular weight is 276 g/mol. The van der Waals surface area contributed by atoms with E-state index in [9.17, 15) is 20.0 Å². The Bertz CT molecular complexity index is 563. The van der Waals surface area contributed by atoms with Crippen LogP contribution in [-0.4, -0.2) is 40.5 Å². The SMILES string of the molecule is CCN1CCC(c2ccc([N+](=O)[O-])cc2)=C(C(=O)O)C1. The minimum atomic E-state index is -0.920. The van der Waals surface area contributed by atoms with Crippen LogP contribution in [0.3, 0.4) is 0 Å². The average Bonchev–Trinajstić information content (AvgIpc) is 2.46. The second-order valence-corrected chi connectivity index (χ2v) is 4.69. The number of carboxylic acids is 1. The van der Waals surface area contributed by atoms with Gasteiger partial charge in [-0.15, -0.1) is 0 Å². The minimum Gasteiger partial charge on any atom is -0.478 e. The molecular weight excluding hydrogens is 260 g/mol. The lowest BCUT2D eigenvalue weighted by atomic mass is 9.93. The summed E-state index contributed by atoms with van der Waals surface area (Å²) < 4.78 is 0. The van der Waals surface area contributed by atoms with Gasteiger partial charge in [-0.1, -0.05) is 6.92 Å². The highest BCUT2D eigenvalue weighted by Crippen LogP contribution is 2.28. The van der Waals surface area contributed by atoms with Crippen molar-refractivity contribution in [2.24, 2.45) is 0 Å². The van der Waals surface area contributed by atoms with Crippen LogP contribution >= 0.6 is 0 Å². The van der Waals surface area contributed by atoms with Gasteiger partial charge in [-0.2, -0.15) is 0 Å². The first kappa shape index (κ1) is 14.2. The van der Waals surface area contributed by atoms with Gasteiger partial charge in [0.1, 0.15) is 0 Å². The Morgan fingerprint density at radius 3 is 2.55 bits per heavy atom. The molecule has 6 nitrogen and oxygen atoms in total. The predicted octanol–water partition coefficient (Wildman–Crippen LogP) is 2.16. The zero-order valence-corrected chi connectivity index (χ0v) is 11.2. The van der Waals surface area contributed by atoms with Crippen LogP contribution in [0.2, 0.25) is 0 Å². The number of carboxylic acid groups (broad SMARTS) is 1. The van der Waals surface area contributed by atoms with Gasteiger partial charge in [0, 0.05) is 25.2 Å². The van der Waals surface area contributed by atoms with E-state index in [0.717, 1.165) is 24.2 Å². The largest absolute Gasteiger partial charge is 0.478 e. The summed E-state index contributed by atoms with van der Waals surface area (Å²) in [5.41, 5.74) is 1.92. The Morgan fingerprint density at radius 1 is 1.40 bits per heavy atom. The number of rotatable bonds is 4. The Kier molecular flexibility index (Phi) is 4.14. The highest BCUT2D eigenvalue weighted by molar-refractivity contribution is 5.97. The number of aliphatic carboxylic acids is 1. The van der Waals surface area contributed by atoms with Crippen LogP contribution in [0.15, 0.2) is 29.8 Å². The summed E-state index contributed by atoms with van der Waals surface area (Å²) >= 11 is 0. The Hall–Kier alpha value is -2.21. The van der Waals surface area contributed by atoms with Crippen LogP contribution in [0.5, 0.6) is 0 Å². The molecule has 0 fully saturated rings. The summed E-state index contributed by atoms with van der Waals surface area (Å²) in [6, 6.07) is 6.07. The van der Waals surface area contributed by atoms with Crippen LogP contribution in [-0.2, 0) is 4.79 Å². The summed E-state index contributed by atoms with van der Waals surface area (Å²) in [5, 5.41) is 20.0. The van der Waals surface area contributed by atoms with Gasteiger partial charge in [0.25, 0.3) is 5.69 Å². The fourth-order valence-corrected chi connectivity index (χ4v) is 2.39. The molecule has 106 valence electrons. The van der Waals surface area contributed by atoms with E-state index < -0.39 is 10.9 Å². The quantitative estimate of drug-likeness (QED) is 0.673. The molecule has 6 heteroatoms. The van der Waals surface area contributed by atoms with E-state index in [-0.39, 0.29) is 5.69 Å². The van der Waals surface area contributed by atoms with E-state index in [2.05, 4.69) is 4.90 Å². The third-order valence-electron chi connectivity index (χ3n) is 3.56. The molecule has 1 aliphatic rings. The molecule has 1 heterocycles. The number of nitrogens with zero attached hydrogens (tertiary/aromatic N) is 2. The van der Waals surface area contributed by atoms with Crippen molar-refractivity contribution in [1.82, 2.24) is 4.90 Å². The maximum Gasteiger partial charge on any atom is 0.333 e. The Morgan fingerprint density at radius 2 is 2.05 bits per heavy atom. The number of carbonyl (C=O) groups is 1. The number of benzene rings is 1. The third-order valence-corrected chi connectivity index (χ3v) is 3.56. The van der Waals surface area contributed by atoms with E-state index in [1.54, 1.807) is 12.1 Å². The molecule has 1 aromatic rings. The van der Waals surface area contributed by atoms with Gasteiger partial charge in [-0.3, -0.25) is 15.0 Å². The van der Waals surface area contributed by atoms with Crippen molar-refractivity contribution in [2.45, 2.75) is 13.3 Å². The predicted molar refractivity (Wildman–Crippen MR) is 74.4 cm³/mol. The number of nitro benzene ring substituents is 1. The Labute approximate surface area is 116 Å². The van der Waals surface area contributed by atoms with Crippen LogP contribution < -0.4 is 0 Å². The molecule has 0 saturated heterocycles. The van der Waals surface area contributed by atoms with Crippen LogP contribution in [0, 0.1) is 10.1 Å². The highest BCUT2D eigenvalue weighted by atomic mass is 16.6. The molecule has 1 aliphatic heterocycles. The van der Waals surface area contributed by atoms with Gasteiger partial charge >= 0.3 is 5.97 Å². The van der Waals surface area contributed by atoms with Crippen molar-refractivity contribution >= 4 is 17.2 Å². The molecular formula is C14H16N2O4. The lowest BCUT2D eigenvalue weighted by molar-refractivity contribution is -0.384. The summed E-state index contributed by atoms with van der Waals surface area (Å²) in [7, 11) is 0. The van der Waals surface area contributed by atoms with Crippen molar-refractivity contribution in [1.29, 1.82) is 0 Å². The lowest BCUT2D eigenvalue weighted by Crippen LogP contribution is -2.33. The maximum atomic E-state index is 11.4. The zero-order valence-electron chi connectivity index (χ0n) is 11.2. The maximum absolute atomic E-state index is 11.4. The highest BCUT2D eigenvalue weighted by Gasteiger charge is 2.23. The molecule has 0 amide bonds. The smallest absolute Gasteiger partial charge is 0.333 e. The molecule has 0 bridgehead atoms. The van der Waals surface area contributed by atoms with Crippen molar-refractivity contribution in [3.63, 3.8) is 0 Å². The molecule has 0 aliphatic carbocycles. The summed E-state index contributed by atoms with van der Waals surface area (Å²) in [4.78, 5) is 23.6. The van der Waals surface area contributed by atoms with E-state index in [1.807, 2.05) is 6.92 Å². The molecule has 1 aromatic carbocycles. The normalized spacial score (nSPS) is 16.2. The second-order valence-electron chi connectivity index (χ2n) is 4.69. The number of non-ortho nitro benzene ring substituents is 1. The van der Waals surface area contributed by atoms with Crippen LogP contribution in [0.4, 0.5) is 5.69 Å². The first-order valence-corrected chi connectivity index (χ1v) is 6.45. The van der Waals surface area contributed by atoms with Gasteiger partial charge in [0.05, 0.1) is 10.5 Å². The molecule has 0 atom stereocenters. The number of hydrogen-bond donors (Lipinski definition) is 1. The number of hydrogen-bond acceptors (Lipinski definition) is 4. The molecule has 0 spiro atoms. The molecule has 0 radical (unpaired) electrons. The van der Waals surface area contributed by atoms with Gasteiger partial charge < -0.3 is 5.11 Å². The molecule has 20 heavy (non-hydrogen) atoms. The number of likely N-dealkylation sites (N-methyl/N-ethyl adjacent to an activating group) is 1. The standard InChI is InChI=1S/C14H16N2O4/c1-2-15-8-7-12(13(9-15)14(17)18)10-3-5-11(6-4-10)16(19)20/h3-6H,2,7-9H2,1H3,(H,17,18). The second kappa shape index (κ2) is 5.83.